The maximum absolute atomic E-state index is 12.3. The molecule has 0 bridgehead atoms. The highest BCUT2D eigenvalue weighted by atomic mass is 35.5. The van der Waals surface area contributed by atoms with Gasteiger partial charge in [-0.25, -0.2) is 0 Å². The minimum atomic E-state index is -0.429. The number of hydrogen-bond donors (Lipinski definition) is 2. The molecule has 2 rings (SSSR count). The molecule has 1 aromatic heterocycles. The van der Waals surface area contributed by atoms with E-state index in [0.717, 1.165) is 11.4 Å². The number of nitrogens with one attached hydrogen (secondary N) is 1. The van der Waals surface area contributed by atoms with Gasteiger partial charge in [-0.15, -0.1) is 0 Å². The first-order valence-corrected chi connectivity index (χ1v) is 6.65. The summed E-state index contributed by atoms with van der Waals surface area (Å²) < 4.78 is 1.69. The minimum absolute atomic E-state index is 0.190. The van der Waals surface area contributed by atoms with Crippen molar-refractivity contribution in [3.8, 4) is 0 Å². The standard InChI is InChI=1S/C14H17ClN4O/c1-8-6-9(2)19(18-8)10(3)14(20)17-13-7-11(15)4-5-12(13)16/h4-7,10H,16H2,1-3H3,(H,17,20). The van der Waals surface area contributed by atoms with Crippen LogP contribution in [0.1, 0.15) is 24.4 Å². The van der Waals surface area contributed by atoms with E-state index in [4.69, 9.17) is 17.3 Å². The lowest BCUT2D eigenvalue weighted by atomic mass is 10.2. The van der Waals surface area contributed by atoms with E-state index in [1.807, 2.05) is 19.9 Å². The molecule has 106 valence electrons. The quantitative estimate of drug-likeness (QED) is 0.854. The summed E-state index contributed by atoms with van der Waals surface area (Å²) in [5, 5.41) is 7.61. The van der Waals surface area contributed by atoms with Crippen LogP contribution in [0.5, 0.6) is 0 Å². The SMILES string of the molecule is Cc1cc(C)n(C(C)C(=O)Nc2cc(Cl)ccc2N)n1. The molecular formula is C14H17ClN4O. The Bertz CT molecular complexity index is 651. The fourth-order valence-electron chi connectivity index (χ4n) is 2.02. The van der Waals surface area contributed by atoms with Gasteiger partial charge in [-0.05, 0) is 45.0 Å². The van der Waals surface area contributed by atoms with Gasteiger partial charge in [0.05, 0.1) is 17.1 Å². The molecule has 0 aliphatic rings. The monoisotopic (exact) mass is 292 g/mol. The van der Waals surface area contributed by atoms with Crippen LogP contribution in [0, 0.1) is 13.8 Å². The van der Waals surface area contributed by atoms with E-state index in [2.05, 4.69) is 10.4 Å². The molecule has 1 amide bonds. The zero-order valence-corrected chi connectivity index (χ0v) is 12.4. The number of nitrogens with two attached hydrogens (primary N) is 1. The van der Waals surface area contributed by atoms with Gasteiger partial charge in [0.25, 0.3) is 0 Å². The fraction of sp³-hybridized carbons (Fsp3) is 0.286. The van der Waals surface area contributed by atoms with Crippen LogP contribution in [-0.4, -0.2) is 15.7 Å². The number of rotatable bonds is 3. The number of carbonyl (C=O) groups is 1. The number of aromatic nitrogens is 2. The normalized spacial score (nSPS) is 12.2. The number of anilines is 2. The lowest BCUT2D eigenvalue weighted by Gasteiger charge is -2.15. The van der Waals surface area contributed by atoms with Crippen molar-refractivity contribution in [3.63, 3.8) is 0 Å². The predicted molar refractivity (Wildman–Crippen MR) is 80.9 cm³/mol. The summed E-state index contributed by atoms with van der Waals surface area (Å²) in [6, 6.07) is 6.46. The number of nitrogens with zero attached hydrogens (tertiary/aromatic N) is 2. The molecule has 1 heterocycles. The van der Waals surface area contributed by atoms with Crippen LogP contribution in [0.2, 0.25) is 5.02 Å². The molecular weight excluding hydrogens is 276 g/mol. The van der Waals surface area contributed by atoms with Crippen LogP contribution in [-0.2, 0) is 4.79 Å². The summed E-state index contributed by atoms with van der Waals surface area (Å²) in [5.74, 6) is -0.190. The van der Waals surface area contributed by atoms with E-state index < -0.39 is 6.04 Å². The number of benzene rings is 1. The Morgan fingerprint density at radius 3 is 2.70 bits per heavy atom. The van der Waals surface area contributed by atoms with Crippen molar-refractivity contribution in [2.24, 2.45) is 0 Å². The van der Waals surface area contributed by atoms with Gasteiger partial charge in [0, 0.05) is 10.7 Å². The second-order valence-corrected chi connectivity index (χ2v) is 5.20. The van der Waals surface area contributed by atoms with E-state index in [1.165, 1.54) is 0 Å². The van der Waals surface area contributed by atoms with Crippen LogP contribution < -0.4 is 11.1 Å². The first-order chi connectivity index (χ1) is 9.38. The number of nitrogen functional groups attached to an aromatic ring is 1. The van der Waals surface area contributed by atoms with Gasteiger partial charge in [0.15, 0.2) is 0 Å². The molecule has 0 aliphatic carbocycles. The third kappa shape index (κ3) is 2.93. The zero-order valence-electron chi connectivity index (χ0n) is 11.6. The number of hydrogen-bond acceptors (Lipinski definition) is 3. The third-order valence-electron chi connectivity index (χ3n) is 3.06. The van der Waals surface area contributed by atoms with Gasteiger partial charge in [0.1, 0.15) is 6.04 Å². The lowest BCUT2D eigenvalue weighted by molar-refractivity contribution is -0.119. The van der Waals surface area contributed by atoms with Crippen LogP contribution in [0.25, 0.3) is 0 Å². The highest BCUT2D eigenvalue weighted by Crippen LogP contribution is 2.24. The minimum Gasteiger partial charge on any atom is -0.397 e. The van der Waals surface area contributed by atoms with Gasteiger partial charge >= 0.3 is 0 Å². The molecule has 1 aromatic carbocycles. The molecule has 0 aliphatic heterocycles. The zero-order chi connectivity index (χ0) is 14.9. The van der Waals surface area contributed by atoms with Crippen molar-refractivity contribution in [1.29, 1.82) is 0 Å². The highest BCUT2D eigenvalue weighted by Gasteiger charge is 2.18. The lowest BCUT2D eigenvalue weighted by Crippen LogP contribution is -2.25. The summed E-state index contributed by atoms with van der Waals surface area (Å²) in [5.41, 5.74) is 8.61. The van der Waals surface area contributed by atoms with Crippen LogP contribution in [0.4, 0.5) is 11.4 Å². The Balaban J connectivity index is 2.19. The second-order valence-electron chi connectivity index (χ2n) is 4.77. The summed E-state index contributed by atoms with van der Waals surface area (Å²) in [6.07, 6.45) is 0. The molecule has 1 atom stereocenters. The van der Waals surface area contributed by atoms with Crippen molar-refractivity contribution in [3.05, 3.63) is 40.7 Å². The largest absolute Gasteiger partial charge is 0.397 e. The van der Waals surface area contributed by atoms with Gasteiger partial charge in [-0.3, -0.25) is 9.48 Å². The summed E-state index contributed by atoms with van der Waals surface area (Å²) >= 11 is 5.90. The first-order valence-electron chi connectivity index (χ1n) is 6.27. The second kappa shape index (κ2) is 5.54. The van der Waals surface area contributed by atoms with Gasteiger partial charge < -0.3 is 11.1 Å². The summed E-state index contributed by atoms with van der Waals surface area (Å²) in [7, 11) is 0. The van der Waals surface area contributed by atoms with Gasteiger partial charge in [-0.2, -0.15) is 5.10 Å². The molecule has 0 saturated carbocycles. The maximum atomic E-state index is 12.3. The average Bonchev–Trinajstić information content (AvgIpc) is 2.72. The molecule has 5 nitrogen and oxygen atoms in total. The van der Waals surface area contributed by atoms with E-state index >= 15 is 0 Å². The van der Waals surface area contributed by atoms with E-state index in [9.17, 15) is 4.79 Å². The molecule has 2 aromatic rings. The molecule has 6 heteroatoms. The number of aryl methyl sites for hydroxylation is 2. The molecule has 1 unspecified atom stereocenters. The number of amides is 1. The molecule has 20 heavy (non-hydrogen) atoms. The average molecular weight is 293 g/mol. The summed E-state index contributed by atoms with van der Waals surface area (Å²) in [4.78, 5) is 12.3. The molecule has 0 fully saturated rings. The third-order valence-corrected chi connectivity index (χ3v) is 3.30. The molecule has 3 N–H and O–H groups in total. The Hall–Kier alpha value is -2.01. The fourth-order valence-corrected chi connectivity index (χ4v) is 2.20. The number of carbonyl (C=O) groups excluding carboxylic acids is 1. The molecule has 0 spiro atoms. The highest BCUT2D eigenvalue weighted by molar-refractivity contribution is 6.31. The van der Waals surface area contributed by atoms with Crippen LogP contribution in [0.3, 0.4) is 0 Å². The van der Waals surface area contributed by atoms with E-state index in [0.29, 0.717) is 16.4 Å². The van der Waals surface area contributed by atoms with Gasteiger partial charge in [-0.1, -0.05) is 11.6 Å². The van der Waals surface area contributed by atoms with E-state index in [-0.39, 0.29) is 5.91 Å². The van der Waals surface area contributed by atoms with Crippen molar-refractivity contribution in [1.82, 2.24) is 9.78 Å². The van der Waals surface area contributed by atoms with Gasteiger partial charge in [0.2, 0.25) is 5.91 Å². The smallest absolute Gasteiger partial charge is 0.249 e. The van der Waals surface area contributed by atoms with Crippen LogP contribution in [0.15, 0.2) is 24.3 Å². The Labute approximate surface area is 122 Å². The van der Waals surface area contributed by atoms with Crippen molar-refractivity contribution < 1.29 is 4.79 Å². The summed E-state index contributed by atoms with van der Waals surface area (Å²) in [6.45, 7) is 5.59. The Morgan fingerprint density at radius 1 is 1.40 bits per heavy atom. The first kappa shape index (κ1) is 14.4. The van der Waals surface area contributed by atoms with Crippen molar-refractivity contribution in [2.75, 3.05) is 11.1 Å². The van der Waals surface area contributed by atoms with E-state index in [1.54, 1.807) is 29.8 Å². The Morgan fingerprint density at radius 2 is 2.10 bits per heavy atom. The maximum Gasteiger partial charge on any atom is 0.249 e. The van der Waals surface area contributed by atoms with Crippen LogP contribution >= 0.6 is 11.6 Å². The van der Waals surface area contributed by atoms with Crippen molar-refractivity contribution in [2.45, 2.75) is 26.8 Å². The predicted octanol–water partition coefficient (Wildman–Crippen LogP) is 2.94. The molecule has 0 radical (unpaired) electrons. The van der Waals surface area contributed by atoms with Crippen molar-refractivity contribution >= 4 is 28.9 Å². The number of halogens is 1. The molecule has 0 saturated heterocycles. The topological polar surface area (TPSA) is 72.9 Å². The Kier molecular flexibility index (Phi) is 3.99.